The van der Waals surface area contributed by atoms with Crippen LogP contribution in [0.3, 0.4) is 0 Å². The molecule has 0 amide bonds. The first-order chi connectivity index (χ1) is 11.5. The van der Waals surface area contributed by atoms with E-state index in [4.69, 9.17) is 11.6 Å². The van der Waals surface area contributed by atoms with Gasteiger partial charge in [-0.2, -0.15) is 4.98 Å². The van der Waals surface area contributed by atoms with E-state index in [2.05, 4.69) is 51.1 Å². The summed E-state index contributed by atoms with van der Waals surface area (Å²) in [4.78, 5) is 13.8. The smallest absolute Gasteiger partial charge is 0.225 e. The van der Waals surface area contributed by atoms with Crippen LogP contribution in [0.25, 0.3) is 0 Å². The van der Waals surface area contributed by atoms with Crippen molar-refractivity contribution in [3.63, 3.8) is 0 Å². The third-order valence-electron chi connectivity index (χ3n) is 4.04. The third kappa shape index (κ3) is 4.09. The third-order valence-corrected chi connectivity index (χ3v) is 4.27. The standard InChI is InChI=1S/C18H24ClN5/c1-13(2)20-18-21-14(3)11-17(22-18)24-9-7-23(8-10-24)16-6-4-5-15(19)12-16/h4-6,11-13H,7-10H2,1-3H3,(H,20,21,22). The number of aryl methyl sites for hydroxylation is 1. The van der Waals surface area contributed by atoms with E-state index >= 15 is 0 Å². The van der Waals surface area contributed by atoms with Gasteiger partial charge in [0.05, 0.1) is 0 Å². The minimum atomic E-state index is 0.319. The van der Waals surface area contributed by atoms with Gasteiger partial charge in [0, 0.05) is 54.7 Å². The Kier molecular flexibility index (Phi) is 5.09. The average molecular weight is 346 g/mol. The van der Waals surface area contributed by atoms with Crippen molar-refractivity contribution in [1.29, 1.82) is 0 Å². The van der Waals surface area contributed by atoms with Crippen molar-refractivity contribution in [2.75, 3.05) is 41.3 Å². The Balaban J connectivity index is 1.69. The van der Waals surface area contributed by atoms with Crippen LogP contribution in [-0.4, -0.2) is 42.2 Å². The molecule has 6 heteroatoms. The van der Waals surface area contributed by atoms with Gasteiger partial charge in [-0.3, -0.25) is 0 Å². The molecule has 1 aromatic carbocycles. The lowest BCUT2D eigenvalue weighted by molar-refractivity contribution is 0.646. The minimum Gasteiger partial charge on any atom is -0.368 e. The zero-order chi connectivity index (χ0) is 17.1. The second kappa shape index (κ2) is 7.26. The highest BCUT2D eigenvalue weighted by atomic mass is 35.5. The number of halogens is 1. The zero-order valence-corrected chi connectivity index (χ0v) is 15.2. The van der Waals surface area contributed by atoms with Gasteiger partial charge in [0.2, 0.25) is 5.95 Å². The summed E-state index contributed by atoms with van der Waals surface area (Å²) in [6, 6.07) is 10.4. The molecule has 24 heavy (non-hydrogen) atoms. The number of aromatic nitrogens is 2. The van der Waals surface area contributed by atoms with Gasteiger partial charge in [-0.15, -0.1) is 0 Å². The first-order valence-electron chi connectivity index (χ1n) is 8.39. The highest BCUT2D eigenvalue weighted by Crippen LogP contribution is 2.23. The van der Waals surface area contributed by atoms with E-state index in [1.54, 1.807) is 0 Å². The van der Waals surface area contributed by atoms with Crippen molar-refractivity contribution in [2.45, 2.75) is 26.8 Å². The average Bonchev–Trinajstić information content (AvgIpc) is 2.54. The highest BCUT2D eigenvalue weighted by molar-refractivity contribution is 6.30. The van der Waals surface area contributed by atoms with Gasteiger partial charge < -0.3 is 15.1 Å². The SMILES string of the molecule is Cc1cc(N2CCN(c3cccc(Cl)c3)CC2)nc(NC(C)C)n1. The fourth-order valence-corrected chi connectivity index (χ4v) is 3.09. The predicted molar refractivity (Wildman–Crippen MR) is 101 cm³/mol. The molecular formula is C18H24ClN5. The zero-order valence-electron chi connectivity index (χ0n) is 14.5. The van der Waals surface area contributed by atoms with Gasteiger partial charge in [0.25, 0.3) is 0 Å². The van der Waals surface area contributed by atoms with Crippen molar-refractivity contribution in [2.24, 2.45) is 0 Å². The predicted octanol–water partition coefficient (Wildman–Crippen LogP) is 3.59. The molecule has 0 bridgehead atoms. The molecule has 0 radical (unpaired) electrons. The van der Waals surface area contributed by atoms with Crippen LogP contribution in [0.15, 0.2) is 30.3 Å². The molecule has 1 fully saturated rings. The summed E-state index contributed by atoms with van der Waals surface area (Å²) in [6.45, 7) is 9.98. The van der Waals surface area contributed by atoms with E-state index in [0.29, 0.717) is 12.0 Å². The molecule has 0 aliphatic carbocycles. The lowest BCUT2D eigenvalue weighted by Crippen LogP contribution is -2.47. The summed E-state index contributed by atoms with van der Waals surface area (Å²) < 4.78 is 0. The van der Waals surface area contributed by atoms with Crippen molar-refractivity contribution in [1.82, 2.24) is 9.97 Å². The molecule has 3 rings (SSSR count). The molecule has 0 saturated carbocycles. The fraction of sp³-hybridized carbons (Fsp3) is 0.444. The highest BCUT2D eigenvalue weighted by Gasteiger charge is 2.19. The number of nitrogens with one attached hydrogen (secondary N) is 1. The van der Waals surface area contributed by atoms with E-state index in [1.165, 1.54) is 5.69 Å². The molecule has 0 spiro atoms. The van der Waals surface area contributed by atoms with Gasteiger partial charge in [-0.05, 0) is 39.0 Å². The molecule has 0 atom stereocenters. The number of anilines is 3. The normalized spacial score (nSPS) is 15.0. The number of benzene rings is 1. The van der Waals surface area contributed by atoms with Crippen LogP contribution in [0.2, 0.25) is 5.02 Å². The summed E-state index contributed by atoms with van der Waals surface area (Å²) in [5, 5.41) is 4.08. The van der Waals surface area contributed by atoms with Crippen LogP contribution in [0.1, 0.15) is 19.5 Å². The first-order valence-corrected chi connectivity index (χ1v) is 8.77. The Hall–Kier alpha value is -2.01. The van der Waals surface area contributed by atoms with Crippen molar-refractivity contribution >= 4 is 29.1 Å². The Bertz CT molecular complexity index is 696. The second-order valence-corrected chi connectivity index (χ2v) is 6.88. The van der Waals surface area contributed by atoms with Crippen LogP contribution in [0.4, 0.5) is 17.5 Å². The molecule has 1 aromatic heterocycles. The van der Waals surface area contributed by atoms with Crippen LogP contribution >= 0.6 is 11.6 Å². The summed E-state index contributed by atoms with van der Waals surface area (Å²) >= 11 is 6.10. The maximum absolute atomic E-state index is 6.10. The van der Waals surface area contributed by atoms with E-state index in [-0.39, 0.29) is 0 Å². The molecule has 128 valence electrons. The molecule has 2 heterocycles. The van der Waals surface area contributed by atoms with Crippen LogP contribution in [-0.2, 0) is 0 Å². The van der Waals surface area contributed by atoms with Gasteiger partial charge in [0.15, 0.2) is 0 Å². The number of rotatable bonds is 4. The monoisotopic (exact) mass is 345 g/mol. The minimum absolute atomic E-state index is 0.319. The van der Waals surface area contributed by atoms with E-state index in [9.17, 15) is 0 Å². The lowest BCUT2D eigenvalue weighted by Gasteiger charge is -2.37. The Morgan fingerprint density at radius 3 is 2.42 bits per heavy atom. The van der Waals surface area contributed by atoms with Gasteiger partial charge in [-0.25, -0.2) is 4.98 Å². The maximum atomic E-state index is 6.10. The van der Waals surface area contributed by atoms with E-state index < -0.39 is 0 Å². The topological polar surface area (TPSA) is 44.3 Å². The molecule has 1 aliphatic rings. The summed E-state index contributed by atoms with van der Waals surface area (Å²) in [6.07, 6.45) is 0. The Morgan fingerprint density at radius 1 is 1.04 bits per heavy atom. The molecule has 0 unspecified atom stereocenters. The fourth-order valence-electron chi connectivity index (χ4n) is 2.90. The summed E-state index contributed by atoms with van der Waals surface area (Å²) in [7, 11) is 0. The molecule has 5 nitrogen and oxygen atoms in total. The van der Waals surface area contributed by atoms with E-state index in [0.717, 1.165) is 42.7 Å². The van der Waals surface area contributed by atoms with Crippen molar-refractivity contribution < 1.29 is 0 Å². The molecule has 1 saturated heterocycles. The molecular weight excluding hydrogens is 322 g/mol. The van der Waals surface area contributed by atoms with Crippen LogP contribution in [0, 0.1) is 6.92 Å². The van der Waals surface area contributed by atoms with Gasteiger partial charge in [-0.1, -0.05) is 17.7 Å². The first kappa shape index (κ1) is 16.8. The van der Waals surface area contributed by atoms with Crippen molar-refractivity contribution in [3.8, 4) is 0 Å². The largest absolute Gasteiger partial charge is 0.368 e. The van der Waals surface area contributed by atoms with E-state index in [1.807, 2.05) is 25.1 Å². The second-order valence-electron chi connectivity index (χ2n) is 6.44. The molecule has 2 aromatic rings. The quantitative estimate of drug-likeness (QED) is 0.917. The van der Waals surface area contributed by atoms with Gasteiger partial charge in [0.1, 0.15) is 5.82 Å². The Morgan fingerprint density at radius 2 is 1.75 bits per heavy atom. The molecule has 1 N–H and O–H groups in total. The summed E-state index contributed by atoms with van der Waals surface area (Å²) in [5.74, 6) is 1.70. The number of nitrogens with zero attached hydrogens (tertiary/aromatic N) is 4. The molecule has 1 aliphatic heterocycles. The number of piperazine rings is 1. The van der Waals surface area contributed by atoms with Crippen LogP contribution in [0.5, 0.6) is 0 Å². The Labute approximate surface area is 148 Å². The van der Waals surface area contributed by atoms with Gasteiger partial charge >= 0.3 is 0 Å². The van der Waals surface area contributed by atoms with Crippen LogP contribution < -0.4 is 15.1 Å². The lowest BCUT2D eigenvalue weighted by atomic mass is 10.2. The maximum Gasteiger partial charge on any atom is 0.225 e. The number of hydrogen-bond acceptors (Lipinski definition) is 5. The van der Waals surface area contributed by atoms with Crippen molar-refractivity contribution in [3.05, 3.63) is 41.0 Å². The summed E-state index contributed by atoms with van der Waals surface area (Å²) in [5.41, 5.74) is 2.17. The number of hydrogen-bond donors (Lipinski definition) is 1.